The molecule has 0 aromatic heterocycles. The summed E-state index contributed by atoms with van der Waals surface area (Å²) in [6, 6.07) is 11.9. The highest BCUT2D eigenvalue weighted by Gasteiger charge is 2.36. The van der Waals surface area contributed by atoms with Gasteiger partial charge in [0.25, 0.3) is 0 Å². The first-order chi connectivity index (χ1) is 12.9. The number of carbonyl (C=O) groups is 1. The Morgan fingerprint density at radius 2 is 1.68 bits per heavy atom. The van der Waals surface area contributed by atoms with Gasteiger partial charge in [-0.15, -0.1) is 12.4 Å². The third kappa shape index (κ3) is 5.60. The summed E-state index contributed by atoms with van der Waals surface area (Å²) < 4.78 is 13.4. The van der Waals surface area contributed by atoms with Crippen LogP contribution in [0.15, 0.2) is 42.5 Å². The van der Waals surface area contributed by atoms with Crippen LogP contribution in [0.1, 0.15) is 30.4 Å². The van der Waals surface area contributed by atoms with Crippen molar-refractivity contribution in [3.05, 3.63) is 69.5 Å². The van der Waals surface area contributed by atoms with E-state index in [0.717, 1.165) is 37.1 Å². The molecular formula is C21H24Cl3FN2O. The quantitative estimate of drug-likeness (QED) is 0.684. The standard InChI is InChI=1S/C21H23Cl2FN2O.ClH/c1-26(14-15-10-17(22)12-18(23)11-15)20(27)13-21(6-8-25-9-7-21)16-2-4-19(24)5-3-16;/h2-5,10-12,25H,6-9,13-14H2,1H3;1H. The van der Waals surface area contributed by atoms with Crippen molar-refractivity contribution in [2.75, 3.05) is 20.1 Å². The summed E-state index contributed by atoms with van der Waals surface area (Å²) in [7, 11) is 1.79. The van der Waals surface area contributed by atoms with E-state index in [-0.39, 0.29) is 29.5 Å². The molecule has 3 rings (SSSR count). The molecule has 2 aromatic rings. The number of hydrogen-bond acceptors (Lipinski definition) is 2. The van der Waals surface area contributed by atoms with Crippen LogP contribution < -0.4 is 5.32 Å². The minimum atomic E-state index is -0.268. The van der Waals surface area contributed by atoms with Crippen LogP contribution in [0, 0.1) is 5.82 Å². The minimum absolute atomic E-state index is 0. The van der Waals surface area contributed by atoms with E-state index in [9.17, 15) is 9.18 Å². The third-order valence-corrected chi connectivity index (χ3v) is 5.71. The van der Waals surface area contributed by atoms with Gasteiger partial charge in [0.05, 0.1) is 0 Å². The Bertz CT molecular complexity index is 788. The lowest BCUT2D eigenvalue weighted by Crippen LogP contribution is -2.43. The van der Waals surface area contributed by atoms with Crippen LogP contribution >= 0.6 is 35.6 Å². The molecule has 1 heterocycles. The van der Waals surface area contributed by atoms with Gasteiger partial charge < -0.3 is 10.2 Å². The van der Waals surface area contributed by atoms with E-state index in [4.69, 9.17) is 23.2 Å². The van der Waals surface area contributed by atoms with Gasteiger partial charge in [-0.25, -0.2) is 4.39 Å². The molecule has 1 fully saturated rings. The maximum absolute atomic E-state index is 13.4. The van der Waals surface area contributed by atoms with Crippen LogP contribution in [-0.2, 0) is 16.8 Å². The molecule has 1 aliphatic heterocycles. The maximum atomic E-state index is 13.4. The first-order valence-corrected chi connectivity index (χ1v) is 9.79. The van der Waals surface area contributed by atoms with Gasteiger partial charge in [-0.3, -0.25) is 4.79 Å². The van der Waals surface area contributed by atoms with Crippen LogP contribution in [0.3, 0.4) is 0 Å². The fourth-order valence-electron chi connectivity index (χ4n) is 3.76. The SMILES string of the molecule is CN(Cc1cc(Cl)cc(Cl)c1)C(=O)CC1(c2ccc(F)cc2)CCNCC1.Cl. The van der Waals surface area contributed by atoms with Gasteiger partial charge in [0, 0.05) is 35.5 Å². The molecule has 0 bridgehead atoms. The molecular weight excluding hydrogens is 422 g/mol. The van der Waals surface area contributed by atoms with E-state index in [0.29, 0.717) is 23.0 Å². The highest BCUT2D eigenvalue weighted by atomic mass is 35.5. The average Bonchev–Trinajstić information content (AvgIpc) is 2.62. The molecule has 1 N–H and O–H groups in total. The zero-order chi connectivity index (χ0) is 19.4. The first kappa shape index (κ1) is 23.0. The number of rotatable bonds is 5. The molecule has 7 heteroatoms. The second kappa shape index (κ2) is 9.93. The summed E-state index contributed by atoms with van der Waals surface area (Å²) in [5, 5.41) is 4.46. The predicted molar refractivity (Wildman–Crippen MR) is 115 cm³/mol. The lowest BCUT2D eigenvalue weighted by Gasteiger charge is -2.38. The van der Waals surface area contributed by atoms with Crippen molar-refractivity contribution >= 4 is 41.5 Å². The lowest BCUT2D eigenvalue weighted by atomic mass is 9.70. The Hall–Kier alpha value is -1.33. The smallest absolute Gasteiger partial charge is 0.223 e. The summed E-state index contributed by atoms with van der Waals surface area (Å²) in [4.78, 5) is 14.7. The van der Waals surface area contributed by atoms with Crippen molar-refractivity contribution in [3.63, 3.8) is 0 Å². The van der Waals surface area contributed by atoms with Crippen molar-refractivity contribution in [1.82, 2.24) is 10.2 Å². The van der Waals surface area contributed by atoms with Crippen LogP contribution in [-0.4, -0.2) is 30.9 Å². The van der Waals surface area contributed by atoms with Gasteiger partial charge in [0.15, 0.2) is 0 Å². The second-order valence-corrected chi connectivity index (χ2v) is 8.11. The van der Waals surface area contributed by atoms with E-state index >= 15 is 0 Å². The van der Waals surface area contributed by atoms with Crippen LogP contribution in [0.4, 0.5) is 4.39 Å². The second-order valence-electron chi connectivity index (χ2n) is 7.24. The monoisotopic (exact) mass is 444 g/mol. The minimum Gasteiger partial charge on any atom is -0.341 e. The summed E-state index contributed by atoms with van der Waals surface area (Å²) in [6.07, 6.45) is 2.09. The fourth-order valence-corrected chi connectivity index (χ4v) is 4.34. The van der Waals surface area contributed by atoms with Gasteiger partial charge in [-0.1, -0.05) is 35.3 Å². The number of carbonyl (C=O) groups excluding carboxylic acids is 1. The third-order valence-electron chi connectivity index (χ3n) is 5.27. The van der Waals surface area contributed by atoms with E-state index in [2.05, 4.69) is 5.32 Å². The molecule has 3 nitrogen and oxygen atoms in total. The summed E-state index contributed by atoms with van der Waals surface area (Å²) in [5.74, 6) is -0.207. The molecule has 28 heavy (non-hydrogen) atoms. The zero-order valence-corrected chi connectivity index (χ0v) is 18.0. The number of nitrogens with one attached hydrogen (secondary N) is 1. The molecule has 1 saturated heterocycles. The fraction of sp³-hybridized carbons (Fsp3) is 0.381. The number of piperidine rings is 1. The molecule has 0 saturated carbocycles. The predicted octanol–water partition coefficient (Wildman–Crippen LogP) is 5.22. The molecule has 0 spiro atoms. The van der Waals surface area contributed by atoms with Gasteiger partial charge in [0.1, 0.15) is 5.82 Å². The highest BCUT2D eigenvalue weighted by molar-refractivity contribution is 6.34. The number of halogens is 4. The summed E-state index contributed by atoms with van der Waals surface area (Å²) in [6.45, 7) is 2.13. The number of hydrogen-bond donors (Lipinski definition) is 1. The van der Waals surface area contributed by atoms with Gasteiger partial charge in [0.2, 0.25) is 5.91 Å². The molecule has 0 aliphatic carbocycles. The van der Waals surface area contributed by atoms with Gasteiger partial charge in [-0.2, -0.15) is 0 Å². The van der Waals surface area contributed by atoms with Crippen LogP contribution in [0.25, 0.3) is 0 Å². The molecule has 0 atom stereocenters. The van der Waals surface area contributed by atoms with Crippen molar-refractivity contribution in [1.29, 1.82) is 0 Å². The molecule has 1 aliphatic rings. The normalized spacial score (nSPS) is 15.6. The summed E-state index contributed by atoms with van der Waals surface area (Å²) >= 11 is 12.1. The molecule has 152 valence electrons. The molecule has 0 radical (unpaired) electrons. The van der Waals surface area contributed by atoms with E-state index in [1.54, 1.807) is 18.0 Å². The topological polar surface area (TPSA) is 32.3 Å². The van der Waals surface area contributed by atoms with Crippen LogP contribution in [0.5, 0.6) is 0 Å². The van der Waals surface area contributed by atoms with Gasteiger partial charge in [-0.05, 0) is 67.4 Å². The highest BCUT2D eigenvalue weighted by Crippen LogP contribution is 2.37. The largest absolute Gasteiger partial charge is 0.341 e. The Kier molecular flexibility index (Phi) is 8.14. The lowest BCUT2D eigenvalue weighted by molar-refractivity contribution is -0.132. The Morgan fingerprint density at radius 3 is 2.25 bits per heavy atom. The van der Waals surface area contributed by atoms with Gasteiger partial charge >= 0.3 is 0 Å². The maximum Gasteiger partial charge on any atom is 0.223 e. The average molecular weight is 446 g/mol. The number of nitrogens with zero attached hydrogens (tertiary/aromatic N) is 1. The Morgan fingerprint density at radius 1 is 1.11 bits per heavy atom. The zero-order valence-electron chi connectivity index (χ0n) is 15.7. The van der Waals surface area contributed by atoms with E-state index in [1.165, 1.54) is 12.1 Å². The Balaban J connectivity index is 0.00000280. The van der Waals surface area contributed by atoms with Crippen LogP contribution in [0.2, 0.25) is 10.0 Å². The number of benzene rings is 2. The van der Waals surface area contributed by atoms with Crippen molar-refractivity contribution in [2.24, 2.45) is 0 Å². The van der Waals surface area contributed by atoms with Crippen molar-refractivity contribution in [2.45, 2.75) is 31.2 Å². The van der Waals surface area contributed by atoms with Crippen molar-refractivity contribution in [3.8, 4) is 0 Å². The van der Waals surface area contributed by atoms with E-state index in [1.807, 2.05) is 24.3 Å². The summed E-state index contributed by atoms with van der Waals surface area (Å²) in [5.41, 5.74) is 1.65. The molecule has 1 amide bonds. The number of amides is 1. The Labute approximate surface area is 181 Å². The van der Waals surface area contributed by atoms with E-state index < -0.39 is 0 Å². The molecule has 2 aromatic carbocycles. The van der Waals surface area contributed by atoms with Crippen molar-refractivity contribution < 1.29 is 9.18 Å². The first-order valence-electron chi connectivity index (χ1n) is 9.04. The molecule has 0 unspecified atom stereocenters.